The molecule has 0 aromatic carbocycles. The summed E-state index contributed by atoms with van der Waals surface area (Å²) in [5, 5.41) is 0. The molecule has 2 aromatic heterocycles. The Balaban J connectivity index is 1.82. The van der Waals surface area contributed by atoms with Crippen LogP contribution in [0.3, 0.4) is 0 Å². The van der Waals surface area contributed by atoms with E-state index in [1.54, 1.807) is 29.6 Å². The van der Waals surface area contributed by atoms with Gasteiger partial charge in [0, 0.05) is 51.6 Å². The second kappa shape index (κ2) is 5.51. The van der Waals surface area contributed by atoms with Gasteiger partial charge in [-0.25, -0.2) is 9.97 Å². The van der Waals surface area contributed by atoms with Crippen molar-refractivity contribution in [3.8, 4) is 0 Å². The SMILES string of the molecule is CN(C)c1nc(C2CCN(c3cnccn3)C2)cc(=O)[nH]1. The van der Waals surface area contributed by atoms with E-state index in [0.717, 1.165) is 31.0 Å². The monoisotopic (exact) mass is 286 g/mol. The normalized spacial score (nSPS) is 18.0. The lowest BCUT2D eigenvalue weighted by Crippen LogP contribution is -2.23. The van der Waals surface area contributed by atoms with Gasteiger partial charge in [0.05, 0.1) is 11.9 Å². The highest BCUT2D eigenvalue weighted by Gasteiger charge is 2.26. The molecule has 1 N–H and O–H groups in total. The topological polar surface area (TPSA) is 78.0 Å². The van der Waals surface area contributed by atoms with Crippen molar-refractivity contribution < 1.29 is 0 Å². The molecule has 1 atom stereocenters. The summed E-state index contributed by atoms with van der Waals surface area (Å²) in [7, 11) is 3.73. The van der Waals surface area contributed by atoms with Gasteiger partial charge in [-0.2, -0.15) is 0 Å². The second-order valence-corrected chi connectivity index (χ2v) is 5.38. The van der Waals surface area contributed by atoms with Crippen molar-refractivity contribution >= 4 is 11.8 Å². The fourth-order valence-electron chi connectivity index (χ4n) is 2.55. The quantitative estimate of drug-likeness (QED) is 0.891. The van der Waals surface area contributed by atoms with E-state index in [1.165, 1.54) is 0 Å². The molecule has 0 radical (unpaired) electrons. The van der Waals surface area contributed by atoms with Gasteiger partial charge in [-0.1, -0.05) is 0 Å². The minimum absolute atomic E-state index is 0.110. The molecule has 1 aliphatic heterocycles. The Morgan fingerprint density at radius 1 is 1.38 bits per heavy atom. The van der Waals surface area contributed by atoms with E-state index in [4.69, 9.17) is 0 Å². The van der Waals surface area contributed by atoms with E-state index in [0.29, 0.717) is 5.95 Å². The van der Waals surface area contributed by atoms with Crippen molar-refractivity contribution in [3.63, 3.8) is 0 Å². The number of aromatic amines is 1. The van der Waals surface area contributed by atoms with Gasteiger partial charge in [-0.3, -0.25) is 14.8 Å². The van der Waals surface area contributed by atoms with Gasteiger partial charge in [0.25, 0.3) is 5.56 Å². The zero-order valence-corrected chi connectivity index (χ0v) is 12.2. The highest BCUT2D eigenvalue weighted by Crippen LogP contribution is 2.28. The molecule has 3 heterocycles. The number of nitrogens with zero attached hydrogens (tertiary/aromatic N) is 5. The molecule has 2 aromatic rings. The molecule has 1 aliphatic rings. The van der Waals surface area contributed by atoms with Crippen LogP contribution < -0.4 is 15.4 Å². The average Bonchev–Trinajstić information content (AvgIpc) is 2.97. The lowest BCUT2D eigenvalue weighted by Gasteiger charge is -2.17. The van der Waals surface area contributed by atoms with Gasteiger partial charge in [-0.05, 0) is 6.42 Å². The van der Waals surface area contributed by atoms with Crippen molar-refractivity contribution in [1.29, 1.82) is 0 Å². The van der Waals surface area contributed by atoms with E-state index in [1.807, 2.05) is 14.1 Å². The first kappa shape index (κ1) is 13.5. The highest BCUT2D eigenvalue weighted by atomic mass is 16.1. The Morgan fingerprint density at radius 2 is 2.24 bits per heavy atom. The Bertz CT molecular complexity index is 669. The molecule has 1 saturated heterocycles. The highest BCUT2D eigenvalue weighted by molar-refractivity contribution is 5.39. The first-order valence-electron chi connectivity index (χ1n) is 6.93. The predicted octanol–water partition coefficient (Wildman–Crippen LogP) is 0.620. The molecule has 1 fully saturated rings. The summed E-state index contributed by atoms with van der Waals surface area (Å²) in [4.78, 5) is 31.5. The molecule has 3 rings (SSSR count). The van der Waals surface area contributed by atoms with Crippen molar-refractivity contribution in [2.45, 2.75) is 12.3 Å². The van der Waals surface area contributed by atoms with Crippen molar-refractivity contribution in [1.82, 2.24) is 19.9 Å². The van der Waals surface area contributed by atoms with Gasteiger partial charge < -0.3 is 9.80 Å². The fourth-order valence-corrected chi connectivity index (χ4v) is 2.55. The summed E-state index contributed by atoms with van der Waals surface area (Å²) in [5.74, 6) is 1.71. The number of hydrogen-bond acceptors (Lipinski definition) is 6. The van der Waals surface area contributed by atoms with Crippen LogP contribution in [0.2, 0.25) is 0 Å². The zero-order chi connectivity index (χ0) is 14.8. The number of aromatic nitrogens is 4. The standard InChI is InChI=1S/C14H18N6O/c1-19(2)14-17-11(7-13(21)18-14)10-3-6-20(9-10)12-8-15-4-5-16-12/h4-5,7-8,10H,3,6,9H2,1-2H3,(H,17,18,21). The van der Waals surface area contributed by atoms with Crippen LogP contribution in [-0.4, -0.2) is 47.1 Å². The van der Waals surface area contributed by atoms with Gasteiger partial charge in [0.15, 0.2) is 0 Å². The Kier molecular flexibility index (Phi) is 3.55. The molecule has 110 valence electrons. The van der Waals surface area contributed by atoms with Crippen LogP contribution in [0.5, 0.6) is 0 Å². The molecular weight excluding hydrogens is 268 g/mol. The molecule has 1 unspecified atom stereocenters. The number of rotatable bonds is 3. The Labute approximate surface area is 122 Å². The molecule has 0 aliphatic carbocycles. The minimum Gasteiger partial charge on any atom is -0.355 e. The molecule has 21 heavy (non-hydrogen) atoms. The third-order valence-electron chi connectivity index (χ3n) is 3.65. The van der Waals surface area contributed by atoms with E-state index < -0.39 is 0 Å². The summed E-state index contributed by atoms with van der Waals surface area (Å²) in [6.07, 6.45) is 6.08. The maximum atomic E-state index is 11.8. The van der Waals surface area contributed by atoms with E-state index in [-0.39, 0.29) is 11.5 Å². The molecular formula is C14H18N6O. The third-order valence-corrected chi connectivity index (χ3v) is 3.65. The van der Waals surface area contributed by atoms with Crippen LogP contribution in [-0.2, 0) is 0 Å². The fraction of sp³-hybridized carbons (Fsp3) is 0.429. The first-order chi connectivity index (χ1) is 10.1. The first-order valence-corrected chi connectivity index (χ1v) is 6.93. The van der Waals surface area contributed by atoms with Crippen LogP contribution in [0.15, 0.2) is 29.5 Å². The Morgan fingerprint density at radius 3 is 2.95 bits per heavy atom. The lowest BCUT2D eigenvalue weighted by molar-refractivity contribution is 0.733. The van der Waals surface area contributed by atoms with Crippen molar-refractivity contribution in [3.05, 3.63) is 40.7 Å². The summed E-state index contributed by atoms with van der Waals surface area (Å²) >= 11 is 0. The maximum Gasteiger partial charge on any atom is 0.252 e. The summed E-state index contributed by atoms with van der Waals surface area (Å²) < 4.78 is 0. The van der Waals surface area contributed by atoms with Gasteiger partial charge >= 0.3 is 0 Å². The molecule has 0 spiro atoms. The minimum atomic E-state index is -0.110. The van der Waals surface area contributed by atoms with E-state index in [2.05, 4.69) is 24.8 Å². The van der Waals surface area contributed by atoms with Crippen LogP contribution >= 0.6 is 0 Å². The van der Waals surface area contributed by atoms with E-state index >= 15 is 0 Å². The van der Waals surface area contributed by atoms with Gasteiger partial charge in [0.1, 0.15) is 5.82 Å². The largest absolute Gasteiger partial charge is 0.355 e. The van der Waals surface area contributed by atoms with Crippen LogP contribution in [0.1, 0.15) is 18.0 Å². The smallest absolute Gasteiger partial charge is 0.252 e. The van der Waals surface area contributed by atoms with Crippen LogP contribution in [0, 0.1) is 0 Å². The number of nitrogens with one attached hydrogen (secondary N) is 1. The number of H-pyrrole nitrogens is 1. The van der Waals surface area contributed by atoms with Gasteiger partial charge in [0.2, 0.25) is 5.95 Å². The summed E-state index contributed by atoms with van der Waals surface area (Å²) in [6.45, 7) is 1.71. The second-order valence-electron chi connectivity index (χ2n) is 5.38. The summed E-state index contributed by atoms with van der Waals surface area (Å²) in [5.41, 5.74) is 0.732. The van der Waals surface area contributed by atoms with Crippen molar-refractivity contribution in [2.24, 2.45) is 0 Å². The van der Waals surface area contributed by atoms with Gasteiger partial charge in [-0.15, -0.1) is 0 Å². The Hall–Kier alpha value is -2.44. The van der Waals surface area contributed by atoms with Crippen LogP contribution in [0.25, 0.3) is 0 Å². The molecule has 0 bridgehead atoms. The van der Waals surface area contributed by atoms with Crippen LogP contribution in [0.4, 0.5) is 11.8 Å². The predicted molar refractivity (Wildman–Crippen MR) is 80.8 cm³/mol. The number of anilines is 2. The molecule has 0 saturated carbocycles. The third kappa shape index (κ3) is 2.86. The average molecular weight is 286 g/mol. The maximum absolute atomic E-state index is 11.8. The molecule has 7 nitrogen and oxygen atoms in total. The zero-order valence-electron chi connectivity index (χ0n) is 12.2. The number of hydrogen-bond donors (Lipinski definition) is 1. The molecule has 0 amide bonds. The summed E-state index contributed by atoms with van der Waals surface area (Å²) in [6, 6.07) is 1.60. The lowest BCUT2D eigenvalue weighted by atomic mass is 10.1. The van der Waals surface area contributed by atoms with E-state index in [9.17, 15) is 4.79 Å². The molecule has 7 heteroatoms. The van der Waals surface area contributed by atoms with Crippen molar-refractivity contribution in [2.75, 3.05) is 37.0 Å².